The molecular weight excluding hydrogens is 269 g/mol. The van der Waals surface area contributed by atoms with E-state index in [2.05, 4.69) is 0 Å². The number of carbonyl (C=O) groups is 2. The summed E-state index contributed by atoms with van der Waals surface area (Å²) in [6.07, 6.45) is -3.45. The second-order valence-electron chi connectivity index (χ2n) is 3.68. The first kappa shape index (κ1) is 15.0. The summed E-state index contributed by atoms with van der Waals surface area (Å²) in [5, 5.41) is 19.2. The molecule has 0 aromatic carbocycles. The van der Waals surface area contributed by atoms with Gasteiger partial charge in [0.15, 0.2) is 6.04 Å². The summed E-state index contributed by atoms with van der Waals surface area (Å²) in [7, 11) is 0. The number of alkyl halides is 3. The van der Waals surface area contributed by atoms with Crippen LogP contribution in [0, 0.1) is 0 Å². The van der Waals surface area contributed by atoms with Crippen LogP contribution in [0.5, 0.6) is 0 Å². The predicted octanol–water partition coefficient (Wildman–Crippen LogP) is 0.226. The van der Waals surface area contributed by atoms with Crippen LogP contribution in [0.2, 0.25) is 0 Å². The normalized spacial score (nSPS) is 13.1. The van der Waals surface area contributed by atoms with Gasteiger partial charge in [-0.25, -0.2) is 4.79 Å². The van der Waals surface area contributed by atoms with Crippen molar-refractivity contribution in [3.05, 3.63) is 24.0 Å². The molecule has 0 spiro atoms. The van der Waals surface area contributed by atoms with Gasteiger partial charge >= 0.3 is 12.1 Å². The maximum absolute atomic E-state index is 12.2. The molecule has 1 amide bonds. The molecule has 1 rings (SSSR count). The summed E-state index contributed by atoms with van der Waals surface area (Å²) in [4.78, 5) is 22.2. The standard InChI is InChI=1S/C10H11F3N2O4/c11-10(12,13)5-15-3-1-2-7(15)8(17)14-6(4-16)9(18)19/h1-3,6,16H,4-5H2,(H,14,17)(H,18,19)/t6-/m1/s1. The van der Waals surface area contributed by atoms with Crippen molar-refractivity contribution < 1.29 is 33.0 Å². The van der Waals surface area contributed by atoms with Crippen molar-refractivity contribution in [3.63, 3.8) is 0 Å². The fraction of sp³-hybridized carbons (Fsp3) is 0.400. The van der Waals surface area contributed by atoms with Crippen molar-refractivity contribution in [1.29, 1.82) is 0 Å². The van der Waals surface area contributed by atoms with Crippen molar-refractivity contribution in [1.82, 2.24) is 9.88 Å². The SMILES string of the molecule is O=C(N[C@H](CO)C(=O)O)c1cccn1CC(F)(F)F. The predicted molar refractivity (Wildman–Crippen MR) is 56.5 cm³/mol. The van der Waals surface area contributed by atoms with E-state index in [0.717, 1.165) is 12.3 Å². The highest BCUT2D eigenvalue weighted by atomic mass is 19.4. The Labute approximate surface area is 105 Å². The van der Waals surface area contributed by atoms with Gasteiger partial charge in [0.1, 0.15) is 12.2 Å². The molecule has 1 heterocycles. The summed E-state index contributed by atoms with van der Waals surface area (Å²) >= 11 is 0. The average molecular weight is 280 g/mol. The molecule has 9 heteroatoms. The Morgan fingerprint density at radius 2 is 2.05 bits per heavy atom. The van der Waals surface area contributed by atoms with Crippen LogP contribution in [0.3, 0.4) is 0 Å². The Morgan fingerprint density at radius 1 is 1.42 bits per heavy atom. The molecule has 3 N–H and O–H groups in total. The smallest absolute Gasteiger partial charge is 0.406 e. The van der Waals surface area contributed by atoms with Gasteiger partial charge in [-0.2, -0.15) is 13.2 Å². The van der Waals surface area contributed by atoms with Gasteiger partial charge in [-0.15, -0.1) is 0 Å². The third-order valence-electron chi connectivity index (χ3n) is 2.20. The van der Waals surface area contributed by atoms with Crippen molar-refractivity contribution in [2.24, 2.45) is 0 Å². The van der Waals surface area contributed by atoms with Crippen LogP contribution in [0.4, 0.5) is 13.2 Å². The Bertz CT molecular complexity index is 470. The van der Waals surface area contributed by atoms with Gasteiger partial charge in [-0.1, -0.05) is 0 Å². The minimum Gasteiger partial charge on any atom is -0.480 e. The molecule has 0 saturated carbocycles. The molecule has 0 aliphatic carbocycles. The third kappa shape index (κ3) is 4.28. The molecule has 0 unspecified atom stereocenters. The second-order valence-corrected chi connectivity index (χ2v) is 3.68. The molecule has 0 fully saturated rings. The van der Waals surface area contributed by atoms with E-state index >= 15 is 0 Å². The van der Waals surface area contributed by atoms with E-state index < -0.39 is 37.2 Å². The van der Waals surface area contributed by atoms with Crippen LogP contribution in [-0.2, 0) is 11.3 Å². The summed E-state index contributed by atoms with van der Waals surface area (Å²) < 4.78 is 37.3. The molecule has 106 valence electrons. The molecule has 1 aromatic rings. The van der Waals surface area contributed by atoms with Crippen LogP contribution in [0.1, 0.15) is 10.5 Å². The van der Waals surface area contributed by atoms with E-state index in [1.807, 2.05) is 5.32 Å². The van der Waals surface area contributed by atoms with E-state index in [1.165, 1.54) is 6.07 Å². The number of amides is 1. The van der Waals surface area contributed by atoms with Crippen LogP contribution in [0.15, 0.2) is 18.3 Å². The lowest BCUT2D eigenvalue weighted by atomic mass is 10.3. The number of nitrogens with one attached hydrogen (secondary N) is 1. The van der Waals surface area contributed by atoms with Crippen molar-refractivity contribution in [2.75, 3.05) is 6.61 Å². The second kappa shape index (κ2) is 5.74. The highest BCUT2D eigenvalue weighted by Gasteiger charge is 2.30. The number of carboxylic acid groups (broad SMARTS) is 1. The minimum absolute atomic E-state index is 0.336. The monoisotopic (exact) mass is 280 g/mol. The quantitative estimate of drug-likeness (QED) is 0.719. The number of halogens is 3. The van der Waals surface area contributed by atoms with Gasteiger partial charge in [-0.05, 0) is 12.1 Å². The zero-order chi connectivity index (χ0) is 14.6. The van der Waals surface area contributed by atoms with Crippen LogP contribution < -0.4 is 5.32 Å². The van der Waals surface area contributed by atoms with Gasteiger partial charge in [-0.3, -0.25) is 4.79 Å². The molecule has 0 aliphatic heterocycles. The first-order chi connectivity index (χ1) is 8.74. The van der Waals surface area contributed by atoms with Gasteiger partial charge in [0, 0.05) is 6.20 Å². The van der Waals surface area contributed by atoms with Gasteiger partial charge in [0.25, 0.3) is 5.91 Å². The largest absolute Gasteiger partial charge is 0.480 e. The first-order valence-corrected chi connectivity index (χ1v) is 5.11. The summed E-state index contributed by atoms with van der Waals surface area (Å²) in [5.41, 5.74) is -0.336. The fourth-order valence-corrected chi connectivity index (χ4v) is 1.37. The number of nitrogens with zero attached hydrogens (tertiary/aromatic N) is 1. The van der Waals surface area contributed by atoms with E-state index in [-0.39, 0.29) is 5.69 Å². The zero-order valence-electron chi connectivity index (χ0n) is 9.52. The van der Waals surface area contributed by atoms with Gasteiger partial charge in [0.2, 0.25) is 0 Å². The van der Waals surface area contributed by atoms with Crippen LogP contribution in [-0.4, -0.2) is 45.5 Å². The Hall–Kier alpha value is -2.03. The van der Waals surface area contributed by atoms with E-state index in [0.29, 0.717) is 4.57 Å². The van der Waals surface area contributed by atoms with E-state index in [1.54, 1.807) is 0 Å². The maximum atomic E-state index is 12.2. The third-order valence-corrected chi connectivity index (χ3v) is 2.20. The topological polar surface area (TPSA) is 91.6 Å². The van der Waals surface area contributed by atoms with E-state index in [9.17, 15) is 22.8 Å². The molecule has 0 radical (unpaired) electrons. The number of aliphatic hydroxyl groups excluding tert-OH is 1. The maximum Gasteiger partial charge on any atom is 0.406 e. The lowest BCUT2D eigenvalue weighted by Gasteiger charge is -2.14. The van der Waals surface area contributed by atoms with Crippen molar-refractivity contribution >= 4 is 11.9 Å². The molecule has 0 saturated heterocycles. The van der Waals surface area contributed by atoms with Gasteiger partial charge < -0.3 is 20.1 Å². The number of aromatic nitrogens is 1. The number of carbonyl (C=O) groups excluding carboxylic acids is 1. The minimum atomic E-state index is -4.50. The highest BCUT2D eigenvalue weighted by Crippen LogP contribution is 2.19. The van der Waals surface area contributed by atoms with Crippen molar-refractivity contribution in [2.45, 2.75) is 18.8 Å². The first-order valence-electron chi connectivity index (χ1n) is 5.11. The molecule has 19 heavy (non-hydrogen) atoms. The zero-order valence-corrected chi connectivity index (χ0v) is 9.52. The van der Waals surface area contributed by atoms with Crippen LogP contribution in [0.25, 0.3) is 0 Å². The molecule has 1 atom stereocenters. The molecule has 0 bridgehead atoms. The Kier molecular flexibility index (Phi) is 4.54. The number of carboxylic acids is 1. The number of hydrogen-bond acceptors (Lipinski definition) is 3. The Balaban J connectivity index is 2.83. The Morgan fingerprint density at radius 3 is 2.53 bits per heavy atom. The van der Waals surface area contributed by atoms with Crippen molar-refractivity contribution in [3.8, 4) is 0 Å². The molecular formula is C10H11F3N2O4. The summed E-state index contributed by atoms with van der Waals surface area (Å²) in [6.45, 7) is -2.22. The van der Waals surface area contributed by atoms with Gasteiger partial charge in [0.05, 0.1) is 6.61 Å². The van der Waals surface area contributed by atoms with E-state index in [4.69, 9.17) is 10.2 Å². The summed E-state index contributed by atoms with van der Waals surface area (Å²) in [6, 6.07) is 0.786. The number of hydrogen-bond donors (Lipinski definition) is 3. The highest BCUT2D eigenvalue weighted by molar-refractivity contribution is 5.95. The number of aliphatic carboxylic acids is 1. The number of aliphatic hydroxyl groups is 1. The lowest BCUT2D eigenvalue weighted by molar-refractivity contribution is -0.141. The van der Waals surface area contributed by atoms with Crippen LogP contribution >= 0.6 is 0 Å². The average Bonchev–Trinajstić information content (AvgIpc) is 2.70. The lowest BCUT2D eigenvalue weighted by Crippen LogP contribution is -2.44. The molecule has 0 aliphatic rings. The molecule has 1 aromatic heterocycles. The number of rotatable bonds is 5. The molecule has 6 nitrogen and oxygen atoms in total. The fourth-order valence-electron chi connectivity index (χ4n) is 1.37. The summed E-state index contributed by atoms with van der Waals surface area (Å²) in [5.74, 6) is -2.49.